The lowest BCUT2D eigenvalue weighted by atomic mass is 10.0. The third kappa shape index (κ3) is 4.58. The minimum Gasteiger partial charge on any atom is -0.345 e. The predicted octanol–water partition coefficient (Wildman–Crippen LogP) is 3.55. The lowest BCUT2D eigenvalue weighted by Gasteiger charge is -2.11. The first-order valence-electron chi connectivity index (χ1n) is 8.14. The van der Waals surface area contributed by atoms with Gasteiger partial charge in [0.15, 0.2) is 0 Å². The van der Waals surface area contributed by atoms with E-state index in [0.717, 1.165) is 16.7 Å². The fourth-order valence-corrected chi connectivity index (χ4v) is 2.44. The van der Waals surface area contributed by atoms with E-state index in [4.69, 9.17) is 0 Å². The number of anilines is 1. The van der Waals surface area contributed by atoms with E-state index < -0.39 is 5.91 Å². The zero-order valence-corrected chi connectivity index (χ0v) is 15.3. The van der Waals surface area contributed by atoms with Gasteiger partial charge >= 0.3 is 0 Å². The van der Waals surface area contributed by atoms with Crippen LogP contribution in [0.25, 0.3) is 6.08 Å². The van der Waals surface area contributed by atoms with Crippen molar-refractivity contribution in [1.29, 1.82) is 5.26 Å². The Morgan fingerprint density at radius 1 is 1.08 bits per heavy atom. The zero-order valence-electron chi connectivity index (χ0n) is 15.3. The van der Waals surface area contributed by atoms with Gasteiger partial charge in [-0.05, 0) is 55.3 Å². The van der Waals surface area contributed by atoms with E-state index in [2.05, 4.69) is 5.32 Å². The number of aryl methyl sites for hydroxylation is 2. The maximum absolute atomic E-state index is 12.4. The predicted molar refractivity (Wildman–Crippen MR) is 103 cm³/mol. The molecule has 2 rings (SSSR count). The van der Waals surface area contributed by atoms with Crippen LogP contribution in [0.1, 0.15) is 27.0 Å². The molecule has 0 spiro atoms. The first-order valence-corrected chi connectivity index (χ1v) is 8.14. The maximum Gasteiger partial charge on any atom is 0.266 e. The van der Waals surface area contributed by atoms with Crippen molar-refractivity contribution in [1.82, 2.24) is 4.90 Å². The van der Waals surface area contributed by atoms with E-state index in [1.54, 1.807) is 44.4 Å². The Kier molecular flexibility index (Phi) is 5.92. The number of hydrogen-bond acceptors (Lipinski definition) is 3. The lowest BCUT2D eigenvalue weighted by molar-refractivity contribution is -0.112. The fourth-order valence-electron chi connectivity index (χ4n) is 2.44. The zero-order chi connectivity index (χ0) is 19.3. The Hall–Kier alpha value is -3.39. The molecule has 132 valence electrons. The summed E-state index contributed by atoms with van der Waals surface area (Å²) in [6.07, 6.45) is 1.58. The van der Waals surface area contributed by atoms with Gasteiger partial charge in [0, 0.05) is 25.3 Å². The Morgan fingerprint density at radius 2 is 1.73 bits per heavy atom. The summed E-state index contributed by atoms with van der Waals surface area (Å²) in [7, 11) is 3.35. The molecule has 2 amide bonds. The fraction of sp³-hybridized carbons (Fsp3) is 0.190. The molecule has 0 fully saturated rings. The van der Waals surface area contributed by atoms with Crippen molar-refractivity contribution in [3.8, 4) is 6.07 Å². The SMILES string of the molecule is Cc1ccc(/C=C(/C#N)C(=O)Nc2ccc(C(=O)N(C)C)cc2)c(C)c1. The van der Waals surface area contributed by atoms with Crippen LogP contribution in [0.15, 0.2) is 48.0 Å². The molecule has 0 bridgehead atoms. The molecule has 0 heterocycles. The number of nitrogens with one attached hydrogen (secondary N) is 1. The van der Waals surface area contributed by atoms with Gasteiger partial charge in [-0.1, -0.05) is 23.8 Å². The summed E-state index contributed by atoms with van der Waals surface area (Å²) in [6.45, 7) is 3.93. The van der Waals surface area contributed by atoms with Gasteiger partial charge in [0.2, 0.25) is 0 Å². The molecule has 5 nitrogen and oxygen atoms in total. The minimum absolute atomic E-state index is 0.0189. The lowest BCUT2D eigenvalue weighted by Crippen LogP contribution is -2.21. The van der Waals surface area contributed by atoms with Gasteiger partial charge in [-0.25, -0.2) is 0 Å². The van der Waals surface area contributed by atoms with E-state index in [0.29, 0.717) is 11.3 Å². The van der Waals surface area contributed by atoms with Crippen molar-refractivity contribution in [3.63, 3.8) is 0 Å². The van der Waals surface area contributed by atoms with Crippen molar-refractivity contribution in [2.24, 2.45) is 0 Å². The normalized spacial score (nSPS) is 10.8. The van der Waals surface area contributed by atoms with Crippen molar-refractivity contribution in [2.75, 3.05) is 19.4 Å². The molecule has 0 saturated carbocycles. The van der Waals surface area contributed by atoms with Gasteiger partial charge in [0.25, 0.3) is 11.8 Å². The topological polar surface area (TPSA) is 73.2 Å². The summed E-state index contributed by atoms with van der Waals surface area (Å²) in [5, 5.41) is 12.0. The Balaban J connectivity index is 2.18. The first kappa shape index (κ1) is 18.9. The van der Waals surface area contributed by atoms with Gasteiger partial charge in [-0.2, -0.15) is 5.26 Å². The van der Waals surface area contributed by atoms with Crippen LogP contribution in [0.4, 0.5) is 5.69 Å². The number of carbonyl (C=O) groups excluding carboxylic acids is 2. The number of nitriles is 1. The highest BCUT2D eigenvalue weighted by atomic mass is 16.2. The van der Waals surface area contributed by atoms with E-state index in [-0.39, 0.29) is 11.5 Å². The van der Waals surface area contributed by atoms with Gasteiger partial charge in [0.1, 0.15) is 11.6 Å². The highest BCUT2D eigenvalue weighted by molar-refractivity contribution is 6.09. The molecule has 0 radical (unpaired) electrons. The number of carbonyl (C=O) groups is 2. The second-order valence-corrected chi connectivity index (χ2v) is 6.26. The third-order valence-electron chi connectivity index (χ3n) is 3.89. The number of amides is 2. The number of hydrogen-bond donors (Lipinski definition) is 1. The van der Waals surface area contributed by atoms with Crippen molar-refractivity contribution < 1.29 is 9.59 Å². The average Bonchev–Trinajstić information content (AvgIpc) is 2.61. The Bertz CT molecular complexity index is 904. The number of rotatable bonds is 4. The molecule has 0 aliphatic rings. The monoisotopic (exact) mass is 347 g/mol. The molecule has 2 aromatic carbocycles. The highest BCUT2D eigenvalue weighted by Crippen LogP contribution is 2.16. The summed E-state index contributed by atoms with van der Waals surface area (Å²) in [4.78, 5) is 25.7. The maximum atomic E-state index is 12.4. The van der Waals surface area contributed by atoms with Crippen molar-refractivity contribution in [3.05, 3.63) is 70.3 Å². The Labute approximate surface area is 153 Å². The van der Waals surface area contributed by atoms with Crippen molar-refractivity contribution in [2.45, 2.75) is 13.8 Å². The number of benzene rings is 2. The van der Waals surface area contributed by atoms with E-state index in [1.165, 1.54) is 4.90 Å². The molecule has 0 unspecified atom stereocenters. The standard InChI is InChI=1S/C21H21N3O2/c1-14-5-6-17(15(2)11-14)12-18(13-22)20(25)23-19-9-7-16(8-10-19)21(26)24(3)4/h5-12H,1-4H3,(H,23,25)/b18-12-. The summed E-state index contributed by atoms with van der Waals surface area (Å²) < 4.78 is 0. The highest BCUT2D eigenvalue weighted by Gasteiger charge is 2.12. The molecule has 0 aliphatic heterocycles. The van der Waals surface area contributed by atoms with Crippen LogP contribution in [0.2, 0.25) is 0 Å². The molecule has 5 heteroatoms. The van der Waals surface area contributed by atoms with Crippen LogP contribution >= 0.6 is 0 Å². The smallest absolute Gasteiger partial charge is 0.266 e. The second-order valence-electron chi connectivity index (χ2n) is 6.26. The second kappa shape index (κ2) is 8.13. The summed E-state index contributed by atoms with van der Waals surface area (Å²) >= 11 is 0. The van der Waals surface area contributed by atoms with Crippen molar-refractivity contribution >= 4 is 23.6 Å². The molecule has 0 aliphatic carbocycles. The summed E-state index contributed by atoms with van der Waals surface area (Å²) in [5.74, 6) is -0.602. The van der Waals surface area contributed by atoms with Crippen LogP contribution < -0.4 is 5.32 Å². The van der Waals surface area contributed by atoms with E-state index >= 15 is 0 Å². The molecule has 1 N–H and O–H groups in total. The van der Waals surface area contributed by atoms with Crippen LogP contribution in [0.3, 0.4) is 0 Å². The quantitative estimate of drug-likeness (QED) is 0.679. The molecular weight excluding hydrogens is 326 g/mol. The van der Waals surface area contributed by atoms with Gasteiger partial charge < -0.3 is 10.2 Å². The average molecular weight is 347 g/mol. The van der Waals surface area contributed by atoms with Crippen LogP contribution in [0.5, 0.6) is 0 Å². The molecule has 0 atom stereocenters. The Morgan fingerprint density at radius 3 is 2.27 bits per heavy atom. The van der Waals surface area contributed by atoms with Crippen LogP contribution in [-0.2, 0) is 4.79 Å². The summed E-state index contributed by atoms with van der Waals surface area (Å²) in [6, 6.07) is 14.3. The third-order valence-corrected chi connectivity index (χ3v) is 3.89. The molecule has 0 aromatic heterocycles. The molecule has 2 aromatic rings. The van der Waals surface area contributed by atoms with Crippen LogP contribution in [-0.4, -0.2) is 30.8 Å². The molecule has 26 heavy (non-hydrogen) atoms. The molecule has 0 saturated heterocycles. The van der Waals surface area contributed by atoms with Gasteiger partial charge in [-0.15, -0.1) is 0 Å². The number of nitrogens with zero attached hydrogens (tertiary/aromatic N) is 2. The molecular formula is C21H21N3O2. The summed E-state index contributed by atoms with van der Waals surface area (Å²) in [5.41, 5.74) is 4.01. The largest absolute Gasteiger partial charge is 0.345 e. The van der Waals surface area contributed by atoms with Gasteiger partial charge in [0.05, 0.1) is 0 Å². The minimum atomic E-state index is -0.487. The van der Waals surface area contributed by atoms with Gasteiger partial charge in [-0.3, -0.25) is 9.59 Å². The first-order chi connectivity index (χ1) is 12.3. The van der Waals surface area contributed by atoms with E-state index in [1.807, 2.05) is 38.1 Å². The van der Waals surface area contributed by atoms with E-state index in [9.17, 15) is 14.9 Å². The van der Waals surface area contributed by atoms with Crippen LogP contribution in [0, 0.1) is 25.2 Å².